The van der Waals surface area contributed by atoms with Crippen LogP contribution >= 0.6 is 11.3 Å². The lowest BCUT2D eigenvalue weighted by Crippen LogP contribution is -2.39. The molecular formula is C25H26N4O4S. The molecular weight excluding hydrogens is 452 g/mol. The minimum absolute atomic E-state index is 0.108. The van der Waals surface area contributed by atoms with E-state index in [1.807, 2.05) is 29.2 Å². The first-order valence-electron chi connectivity index (χ1n) is 11.3. The number of para-hydroxylation sites is 1. The number of likely N-dealkylation sites (tertiary alicyclic amines) is 1. The number of thiazole rings is 1. The number of hydrogen-bond donors (Lipinski definition) is 0. The van der Waals surface area contributed by atoms with Gasteiger partial charge in [-0.3, -0.25) is 4.79 Å². The third-order valence-corrected chi connectivity index (χ3v) is 7.30. The number of methoxy groups -OCH3 is 2. The van der Waals surface area contributed by atoms with Crippen molar-refractivity contribution in [1.82, 2.24) is 20.0 Å². The molecule has 0 aliphatic carbocycles. The van der Waals surface area contributed by atoms with Gasteiger partial charge in [0.2, 0.25) is 17.6 Å². The number of fused-ring (bicyclic) bond motifs is 1. The van der Waals surface area contributed by atoms with E-state index in [0.29, 0.717) is 42.6 Å². The number of aryl methyl sites for hydroxylation is 1. The van der Waals surface area contributed by atoms with Crippen LogP contribution in [0.2, 0.25) is 0 Å². The van der Waals surface area contributed by atoms with Crippen LogP contribution in [0.3, 0.4) is 0 Å². The van der Waals surface area contributed by atoms with Crippen molar-refractivity contribution in [3.63, 3.8) is 0 Å². The van der Waals surface area contributed by atoms with Crippen molar-refractivity contribution in [1.29, 1.82) is 0 Å². The van der Waals surface area contributed by atoms with E-state index < -0.39 is 0 Å². The van der Waals surface area contributed by atoms with Crippen molar-refractivity contribution in [2.24, 2.45) is 0 Å². The molecule has 0 bridgehead atoms. The summed E-state index contributed by atoms with van der Waals surface area (Å²) in [5.74, 6) is 2.52. The van der Waals surface area contributed by atoms with Gasteiger partial charge in [-0.1, -0.05) is 17.3 Å². The number of benzene rings is 2. The lowest BCUT2D eigenvalue weighted by molar-refractivity contribution is -0.132. The molecule has 0 saturated carbocycles. The first-order chi connectivity index (χ1) is 16.6. The number of nitrogens with zero attached hydrogens (tertiary/aromatic N) is 4. The summed E-state index contributed by atoms with van der Waals surface area (Å²) in [6.07, 6.45) is 2.78. The molecule has 176 valence electrons. The Hall–Kier alpha value is -3.46. The Balaban J connectivity index is 1.20. The maximum Gasteiger partial charge on any atom is 0.227 e. The molecule has 34 heavy (non-hydrogen) atoms. The zero-order valence-corrected chi connectivity index (χ0v) is 20.0. The highest BCUT2D eigenvalue weighted by atomic mass is 32.1. The van der Waals surface area contributed by atoms with E-state index in [9.17, 15) is 4.79 Å². The van der Waals surface area contributed by atoms with Gasteiger partial charge in [-0.2, -0.15) is 4.98 Å². The fourth-order valence-corrected chi connectivity index (χ4v) is 5.38. The van der Waals surface area contributed by atoms with Crippen LogP contribution in [0.25, 0.3) is 21.6 Å². The number of carbonyl (C=O) groups is 1. The van der Waals surface area contributed by atoms with Gasteiger partial charge in [-0.15, -0.1) is 11.3 Å². The fourth-order valence-electron chi connectivity index (χ4n) is 4.29. The molecule has 0 radical (unpaired) electrons. The Morgan fingerprint density at radius 2 is 2.00 bits per heavy atom. The van der Waals surface area contributed by atoms with Gasteiger partial charge < -0.3 is 18.9 Å². The summed E-state index contributed by atoms with van der Waals surface area (Å²) < 4.78 is 17.2. The molecule has 8 nitrogen and oxygen atoms in total. The number of amides is 1. The summed E-state index contributed by atoms with van der Waals surface area (Å²) in [4.78, 5) is 24.2. The first-order valence-corrected chi connectivity index (χ1v) is 12.1. The average Bonchev–Trinajstić information content (AvgIpc) is 3.54. The zero-order chi connectivity index (χ0) is 23.5. The van der Waals surface area contributed by atoms with Gasteiger partial charge in [0.15, 0.2) is 11.5 Å². The van der Waals surface area contributed by atoms with E-state index in [2.05, 4.69) is 16.2 Å². The number of aromatic nitrogens is 3. The quantitative estimate of drug-likeness (QED) is 0.380. The Morgan fingerprint density at radius 3 is 2.82 bits per heavy atom. The lowest BCUT2D eigenvalue weighted by atomic mass is 9.98. The van der Waals surface area contributed by atoms with Crippen LogP contribution in [0.1, 0.15) is 36.1 Å². The van der Waals surface area contributed by atoms with Crippen LogP contribution in [-0.4, -0.2) is 53.2 Å². The number of piperidine rings is 1. The normalized spacial score (nSPS) is 16.1. The fraction of sp³-hybridized carbons (Fsp3) is 0.360. The van der Waals surface area contributed by atoms with Crippen molar-refractivity contribution >= 4 is 27.5 Å². The molecule has 2 aromatic heterocycles. The van der Waals surface area contributed by atoms with Crippen LogP contribution < -0.4 is 9.47 Å². The van der Waals surface area contributed by atoms with Gasteiger partial charge in [0.1, 0.15) is 0 Å². The second kappa shape index (κ2) is 9.80. The van der Waals surface area contributed by atoms with Gasteiger partial charge in [0.05, 0.1) is 29.4 Å². The van der Waals surface area contributed by atoms with E-state index in [-0.39, 0.29) is 11.8 Å². The van der Waals surface area contributed by atoms with Crippen molar-refractivity contribution in [2.75, 3.05) is 27.3 Å². The van der Waals surface area contributed by atoms with Crippen molar-refractivity contribution in [3.05, 3.63) is 53.4 Å². The molecule has 0 unspecified atom stereocenters. The highest BCUT2D eigenvalue weighted by molar-refractivity contribution is 7.18. The molecule has 1 saturated heterocycles. The summed E-state index contributed by atoms with van der Waals surface area (Å²) in [5, 5.41) is 5.19. The standard InChI is InChI=1S/C25H26N4O4S/c1-31-19-10-9-16(14-20(19)32-2)24-27-22(33-28-24)11-12-23(30)29-13-5-6-17(15-29)25-26-18-7-3-4-8-21(18)34-25/h3-4,7-10,14,17H,5-6,11-13,15H2,1-2H3/t17-/m1/s1. The van der Waals surface area contributed by atoms with Crippen molar-refractivity contribution in [3.8, 4) is 22.9 Å². The topological polar surface area (TPSA) is 90.6 Å². The molecule has 2 aromatic carbocycles. The maximum absolute atomic E-state index is 12.9. The molecule has 0 N–H and O–H groups in total. The zero-order valence-electron chi connectivity index (χ0n) is 19.2. The smallest absolute Gasteiger partial charge is 0.227 e. The van der Waals surface area contributed by atoms with E-state index in [0.717, 1.165) is 35.5 Å². The van der Waals surface area contributed by atoms with Crippen LogP contribution in [-0.2, 0) is 11.2 Å². The summed E-state index contributed by atoms with van der Waals surface area (Å²) in [6, 6.07) is 13.6. The summed E-state index contributed by atoms with van der Waals surface area (Å²) in [6.45, 7) is 1.49. The average molecular weight is 479 g/mol. The lowest BCUT2D eigenvalue weighted by Gasteiger charge is -2.31. The van der Waals surface area contributed by atoms with E-state index in [1.165, 1.54) is 4.70 Å². The predicted octanol–water partition coefficient (Wildman–Crippen LogP) is 4.70. The maximum atomic E-state index is 12.9. The molecule has 1 aliphatic rings. The minimum Gasteiger partial charge on any atom is -0.493 e. The van der Waals surface area contributed by atoms with Crippen molar-refractivity contribution in [2.45, 2.75) is 31.6 Å². The summed E-state index contributed by atoms with van der Waals surface area (Å²) in [5.41, 5.74) is 1.79. The van der Waals surface area contributed by atoms with E-state index >= 15 is 0 Å². The number of rotatable bonds is 7. The number of hydrogen-bond acceptors (Lipinski definition) is 8. The molecule has 5 rings (SSSR count). The minimum atomic E-state index is 0.108. The summed E-state index contributed by atoms with van der Waals surface area (Å²) in [7, 11) is 3.17. The SMILES string of the molecule is COc1ccc(-c2noc(CCC(=O)N3CCC[C@@H](c4nc5ccccc5s4)C3)n2)cc1OC. The molecule has 3 heterocycles. The van der Waals surface area contributed by atoms with Crippen LogP contribution in [0, 0.1) is 0 Å². The molecule has 1 fully saturated rings. The second-order valence-corrected chi connectivity index (χ2v) is 9.34. The Bertz CT molecular complexity index is 1270. The largest absolute Gasteiger partial charge is 0.493 e. The third kappa shape index (κ3) is 4.61. The Morgan fingerprint density at radius 1 is 1.15 bits per heavy atom. The van der Waals surface area contributed by atoms with Gasteiger partial charge in [-0.25, -0.2) is 4.98 Å². The van der Waals surface area contributed by atoms with Gasteiger partial charge in [-0.05, 0) is 43.2 Å². The summed E-state index contributed by atoms with van der Waals surface area (Å²) >= 11 is 1.73. The Kier molecular flexibility index (Phi) is 6.44. The molecule has 1 amide bonds. The molecule has 4 aromatic rings. The molecule has 1 atom stereocenters. The number of carbonyl (C=O) groups excluding carboxylic acids is 1. The van der Waals surface area contributed by atoms with Crippen LogP contribution in [0.4, 0.5) is 0 Å². The van der Waals surface area contributed by atoms with E-state index in [1.54, 1.807) is 37.7 Å². The molecule has 0 spiro atoms. The van der Waals surface area contributed by atoms with Gasteiger partial charge in [0, 0.05) is 37.4 Å². The molecule has 1 aliphatic heterocycles. The molecule has 9 heteroatoms. The van der Waals surface area contributed by atoms with Gasteiger partial charge in [0.25, 0.3) is 0 Å². The monoisotopic (exact) mass is 478 g/mol. The predicted molar refractivity (Wildman–Crippen MR) is 129 cm³/mol. The van der Waals surface area contributed by atoms with Crippen LogP contribution in [0.15, 0.2) is 47.0 Å². The van der Waals surface area contributed by atoms with Gasteiger partial charge >= 0.3 is 0 Å². The number of ether oxygens (including phenoxy) is 2. The Labute approximate surface area is 201 Å². The first kappa shape index (κ1) is 22.3. The highest BCUT2D eigenvalue weighted by Crippen LogP contribution is 2.33. The third-order valence-electron chi connectivity index (χ3n) is 6.10. The highest BCUT2D eigenvalue weighted by Gasteiger charge is 2.27. The van der Waals surface area contributed by atoms with Crippen molar-refractivity contribution < 1.29 is 18.8 Å². The van der Waals surface area contributed by atoms with Crippen LogP contribution in [0.5, 0.6) is 11.5 Å². The van der Waals surface area contributed by atoms with E-state index in [4.69, 9.17) is 19.0 Å². The second-order valence-electron chi connectivity index (χ2n) is 8.28.